The Kier molecular flexibility index (Phi) is 1.91. The molecule has 3 fully saturated rings. The van der Waals surface area contributed by atoms with E-state index in [9.17, 15) is 4.79 Å². The van der Waals surface area contributed by atoms with Crippen LogP contribution in [-0.4, -0.2) is 30.7 Å². The first-order valence-electron chi connectivity index (χ1n) is 7.05. The summed E-state index contributed by atoms with van der Waals surface area (Å²) in [6.07, 6.45) is 8.59. The molecule has 5 atom stereocenters. The average Bonchev–Trinajstić information content (AvgIpc) is 2.85. The van der Waals surface area contributed by atoms with Crippen LogP contribution in [0.3, 0.4) is 0 Å². The number of Topliss-reactive ketones (excluding diaryl/α,β-unsaturated/α-hetero) is 1. The van der Waals surface area contributed by atoms with Crippen molar-refractivity contribution >= 4 is 5.78 Å². The van der Waals surface area contributed by atoms with E-state index in [4.69, 9.17) is 9.47 Å². The highest BCUT2D eigenvalue weighted by Gasteiger charge is 2.76. The maximum absolute atomic E-state index is 13.1. The molecule has 3 aliphatic carbocycles. The molecule has 4 rings (SSSR count). The smallest absolute Gasteiger partial charge is 0.178 e. The Bertz CT molecular complexity index is 457. The number of ketones is 1. The van der Waals surface area contributed by atoms with Gasteiger partial charge in [-0.25, -0.2) is 0 Å². The molecule has 2 saturated carbocycles. The van der Waals surface area contributed by atoms with Gasteiger partial charge >= 0.3 is 0 Å². The second-order valence-corrected chi connectivity index (χ2v) is 6.49. The minimum atomic E-state index is -0.717. The number of allylic oxidation sites excluding steroid dienone is 1. The van der Waals surface area contributed by atoms with Gasteiger partial charge in [-0.3, -0.25) is 4.79 Å². The largest absolute Gasteiger partial charge is 0.368 e. The molecular formula is C15H20O3. The molecule has 2 bridgehead atoms. The van der Waals surface area contributed by atoms with Gasteiger partial charge < -0.3 is 9.47 Å². The summed E-state index contributed by atoms with van der Waals surface area (Å²) >= 11 is 0. The van der Waals surface area contributed by atoms with Gasteiger partial charge in [0.05, 0.1) is 5.41 Å². The lowest BCUT2D eigenvalue weighted by molar-refractivity contribution is -0.216. The topological polar surface area (TPSA) is 35.5 Å². The Labute approximate surface area is 108 Å². The molecule has 0 radical (unpaired) electrons. The third-order valence-corrected chi connectivity index (χ3v) is 6.12. The first kappa shape index (κ1) is 11.2. The number of carbonyl (C=O) groups excluding carboxylic acids is 1. The lowest BCUT2D eigenvalue weighted by Crippen LogP contribution is -2.66. The predicted octanol–water partition coefficient (Wildman–Crippen LogP) is 2.11. The maximum atomic E-state index is 13.1. The van der Waals surface area contributed by atoms with E-state index < -0.39 is 11.2 Å². The molecule has 18 heavy (non-hydrogen) atoms. The Hall–Kier alpha value is -0.670. The first-order chi connectivity index (χ1) is 8.61. The van der Waals surface area contributed by atoms with Gasteiger partial charge in [0.2, 0.25) is 0 Å². The van der Waals surface area contributed by atoms with Crippen LogP contribution >= 0.6 is 0 Å². The van der Waals surface area contributed by atoms with Crippen LogP contribution in [0.4, 0.5) is 0 Å². The summed E-state index contributed by atoms with van der Waals surface area (Å²) < 4.78 is 11.8. The highest BCUT2D eigenvalue weighted by Crippen LogP contribution is 2.67. The van der Waals surface area contributed by atoms with E-state index in [1.165, 1.54) is 12.8 Å². The number of hydrogen-bond donors (Lipinski definition) is 0. The molecule has 0 aromatic heterocycles. The summed E-state index contributed by atoms with van der Waals surface area (Å²) in [6, 6.07) is 0. The third-order valence-electron chi connectivity index (χ3n) is 6.12. The van der Waals surface area contributed by atoms with Crippen LogP contribution < -0.4 is 0 Å². The molecule has 98 valence electrons. The molecule has 0 amide bonds. The SMILES string of the molecule is CO[C@@]12C(=O)[C@@]34C=C[C@]1(C)OCC[C@@H]2[C@H]3CCC4. The molecule has 1 heterocycles. The van der Waals surface area contributed by atoms with Crippen molar-refractivity contribution in [1.29, 1.82) is 0 Å². The zero-order valence-electron chi connectivity index (χ0n) is 11.1. The molecule has 1 saturated heterocycles. The molecule has 1 spiro atoms. The van der Waals surface area contributed by atoms with Gasteiger partial charge in [-0.05, 0) is 32.1 Å². The van der Waals surface area contributed by atoms with E-state index >= 15 is 0 Å². The molecule has 0 unspecified atom stereocenters. The van der Waals surface area contributed by atoms with Gasteiger partial charge in [0, 0.05) is 19.6 Å². The van der Waals surface area contributed by atoms with Crippen LogP contribution in [-0.2, 0) is 14.3 Å². The number of hydrogen-bond acceptors (Lipinski definition) is 3. The van der Waals surface area contributed by atoms with E-state index in [1.54, 1.807) is 7.11 Å². The fourth-order valence-electron chi connectivity index (χ4n) is 5.41. The molecule has 4 aliphatic rings. The van der Waals surface area contributed by atoms with Crippen LogP contribution in [0.25, 0.3) is 0 Å². The Morgan fingerprint density at radius 2 is 2.17 bits per heavy atom. The van der Waals surface area contributed by atoms with Crippen molar-refractivity contribution in [3.8, 4) is 0 Å². The molecular weight excluding hydrogens is 228 g/mol. The van der Waals surface area contributed by atoms with E-state index in [1.807, 2.05) is 6.92 Å². The molecule has 1 aliphatic heterocycles. The van der Waals surface area contributed by atoms with Crippen molar-refractivity contribution in [3.05, 3.63) is 12.2 Å². The van der Waals surface area contributed by atoms with E-state index in [0.29, 0.717) is 17.6 Å². The quantitative estimate of drug-likeness (QED) is 0.667. The fraction of sp³-hybridized carbons (Fsp3) is 0.800. The Morgan fingerprint density at radius 3 is 2.94 bits per heavy atom. The Morgan fingerprint density at radius 1 is 1.33 bits per heavy atom. The lowest BCUT2D eigenvalue weighted by atomic mass is 9.67. The summed E-state index contributed by atoms with van der Waals surface area (Å²) in [5, 5.41) is 0. The molecule has 0 N–H and O–H groups in total. The van der Waals surface area contributed by atoms with E-state index in [-0.39, 0.29) is 5.41 Å². The number of fused-ring (bicyclic) bond motifs is 1. The summed E-state index contributed by atoms with van der Waals surface area (Å²) in [7, 11) is 1.69. The van der Waals surface area contributed by atoms with Crippen molar-refractivity contribution in [3.63, 3.8) is 0 Å². The predicted molar refractivity (Wildman–Crippen MR) is 66.1 cm³/mol. The van der Waals surface area contributed by atoms with Crippen LogP contribution in [0, 0.1) is 17.3 Å². The van der Waals surface area contributed by atoms with Gasteiger partial charge in [0.25, 0.3) is 0 Å². The standard InChI is InChI=1S/C15H20O3/c1-13-7-8-14-6-3-4-10(14)11(5-9-18-13)15(13,17-2)12(14)16/h7-8,10-11H,3-6,9H2,1-2H3/t10-,11-,13+,14+,15+/m1/s1. The summed E-state index contributed by atoms with van der Waals surface area (Å²) in [5.74, 6) is 1.12. The average molecular weight is 248 g/mol. The minimum Gasteiger partial charge on any atom is -0.368 e. The van der Waals surface area contributed by atoms with Crippen LogP contribution in [0.15, 0.2) is 12.2 Å². The minimum absolute atomic E-state index is 0.228. The highest BCUT2D eigenvalue weighted by molar-refractivity contribution is 6.01. The van der Waals surface area contributed by atoms with Gasteiger partial charge in [-0.1, -0.05) is 18.6 Å². The van der Waals surface area contributed by atoms with Crippen LogP contribution in [0.1, 0.15) is 32.6 Å². The number of methoxy groups -OCH3 is 1. The van der Waals surface area contributed by atoms with Gasteiger partial charge in [0.1, 0.15) is 5.60 Å². The number of carbonyl (C=O) groups is 1. The zero-order chi connectivity index (χ0) is 12.6. The van der Waals surface area contributed by atoms with Gasteiger partial charge in [0.15, 0.2) is 11.4 Å². The number of ether oxygens (including phenoxy) is 2. The molecule has 3 nitrogen and oxygen atoms in total. The molecule has 0 aromatic carbocycles. The monoisotopic (exact) mass is 248 g/mol. The van der Waals surface area contributed by atoms with E-state index in [2.05, 4.69) is 12.2 Å². The van der Waals surface area contributed by atoms with Crippen molar-refractivity contribution in [2.24, 2.45) is 17.3 Å². The van der Waals surface area contributed by atoms with E-state index in [0.717, 1.165) is 19.4 Å². The Balaban J connectivity index is 2.00. The summed E-state index contributed by atoms with van der Waals surface area (Å²) in [5.41, 5.74) is -1.50. The van der Waals surface area contributed by atoms with Crippen molar-refractivity contribution in [2.75, 3.05) is 13.7 Å². The van der Waals surface area contributed by atoms with Gasteiger partial charge in [-0.2, -0.15) is 0 Å². The summed E-state index contributed by atoms with van der Waals surface area (Å²) in [6.45, 7) is 2.77. The number of rotatable bonds is 1. The fourth-order valence-corrected chi connectivity index (χ4v) is 5.41. The van der Waals surface area contributed by atoms with Crippen molar-refractivity contribution in [2.45, 2.75) is 43.8 Å². The maximum Gasteiger partial charge on any atom is 0.178 e. The molecule has 0 aromatic rings. The second kappa shape index (κ2) is 3.07. The molecule has 3 heteroatoms. The first-order valence-corrected chi connectivity index (χ1v) is 7.05. The normalized spacial score (nSPS) is 56.9. The highest BCUT2D eigenvalue weighted by atomic mass is 16.6. The third kappa shape index (κ3) is 0.865. The van der Waals surface area contributed by atoms with Crippen molar-refractivity contribution in [1.82, 2.24) is 0 Å². The van der Waals surface area contributed by atoms with Crippen LogP contribution in [0.5, 0.6) is 0 Å². The second-order valence-electron chi connectivity index (χ2n) is 6.49. The van der Waals surface area contributed by atoms with Gasteiger partial charge in [-0.15, -0.1) is 0 Å². The van der Waals surface area contributed by atoms with Crippen LogP contribution in [0.2, 0.25) is 0 Å². The summed E-state index contributed by atoms with van der Waals surface area (Å²) in [4.78, 5) is 13.1. The zero-order valence-corrected chi connectivity index (χ0v) is 11.1. The van der Waals surface area contributed by atoms with Crippen molar-refractivity contribution < 1.29 is 14.3 Å². The lowest BCUT2D eigenvalue weighted by Gasteiger charge is -2.51.